The third-order valence-corrected chi connectivity index (χ3v) is 3.20. The average Bonchev–Trinajstić information content (AvgIpc) is 2.57. The first-order valence-corrected chi connectivity index (χ1v) is 7.20. The van der Waals surface area contributed by atoms with Crippen LogP contribution in [-0.2, 0) is 27.5 Å². The minimum absolute atomic E-state index is 0.0487. The van der Waals surface area contributed by atoms with E-state index in [0.29, 0.717) is 12.9 Å². The smallest absolute Gasteiger partial charge is 0.151 e. The molecule has 0 aliphatic rings. The van der Waals surface area contributed by atoms with Crippen molar-refractivity contribution in [1.82, 2.24) is 0 Å². The molecule has 0 spiro atoms. The van der Waals surface area contributed by atoms with E-state index in [-0.39, 0.29) is 13.2 Å². The van der Waals surface area contributed by atoms with E-state index >= 15 is 0 Å². The van der Waals surface area contributed by atoms with Gasteiger partial charge >= 0.3 is 0 Å². The predicted octanol–water partition coefficient (Wildman–Crippen LogP) is 2.35. The van der Waals surface area contributed by atoms with Crippen molar-refractivity contribution in [2.75, 3.05) is 6.61 Å². The van der Waals surface area contributed by atoms with Crippen LogP contribution in [-0.4, -0.2) is 30.2 Å². The van der Waals surface area contributed by atoms with E-state index in [2.05, 4.69) is 0 Å². The molecule has 0 unspecified atom stereocenters. The molecule has 0 amide bonds. The summed E-state index contributed by atoms with van der Waals surface area (Å²) in [5.74, 6) is 0. The van der Waals surface area contributed by atoms with Gasteiger partial charge in [-0.1, -0.05) is 60.7 Å². The molecule has 4 heteroatoms. The fourth-order valence-electron chi connectivity index (χ4n) is 1.97. The molecular weight excluding hydrogens is 280 g/mol. The summed E-state index contributed by atoms with van der Waals surface area (Å²) in [7, 11) is 0. The van der Waals surface area contributed by atoms with Crippen molar-refractivity contribution in [3.63, 3.8) is 0 Å². The number of hydrogen-bond donors (Lipinski definition) is 1. The molecule has 4 nitrogen and oxygen atoms in total. The van der Waals surface area contributed by atoms with Crippen LogP contribution in [0.15, 0.2) is 60.7 Å². The summed E-state index contributed by atoms with van der Waals surface area (Å²) in [6, 6.07) is 19.2. The fourth-order valence-corrected chi connectivity index (χ4v) is 1.97. The summed E-state index contributed by atoms with van der Waals surface area (Å²) in [5, 5.41) is 9.98. The lowest BCUT2D eigenvalue weighted by Gasteiger charge is -2.18. The van der Waals surface area contributed by atoms with Gasteiger partial charge in [0.15, 0.2) is 6.29 Å². The highest BCUT2D eigenvalue weighted by Gasteiger charge is 2.19. The largest absolute Gasteiger partial charge is 0.388 e. The van der Waals surface area contributed by atoms with Crippen LogP contribution in [0.1, 0.15) is 11.1 Å². The first-order valence-electron chi connectivity index (χ1n) is 7.20. The lowest BCUT2D eigenvalue weighted by atomic mass is 10.2. The van der Waals surface area contributed by atoms with Crippen LogP contribution in [0.4, 0.5) is 0 Å². The van der Waals surface area contributed by atoms with Crippen molar-refractivity contribution >= 4 is 6.29 Å². The number of hydrogen-bond acceptors (Lipinski definition) is 4. The number of aliphatic hydroxyl groups excluding tert-OH is 1. The number of aliphatic hydroxyl groups is 1. The van der Waals surface area contributed by atoms with Crippen LogP contribution in [0.5, 0.6) is 0 Å². The van der Waals surface area contributed by atoms with Gasteiger partial charge in [-0.15, -0.1) is 0 Å². The number of rotatable bonds is 9. The van der Waals surface area contributed by atoms with Crippen LogP contribution in [0.3, 0.4) is 0 Å². The Labute approximate surface area is 130 Å². The van der Waals surface area contributed by atoms with Gasteiger partial charge in [0.1, 0.15) is 12.2 Å². The zero-order valence-electron chi connectivity index (χ0n) is 12.3. The molecule has 22 heavy (non-hydrogen) atoms. The molecule has 2 atom stereocenters. The average molecular weight is 300 g/mol. The van der Waals surface area contributed by atoms with E-state index in [0.717, 1.165) is 11.1 Å². The summed E-state index contributed by atoms with van der Waals surface area (Å²) in [5.41, 5.74) is 1.97. The highest BCUT2D eigenvalue weighted by atomic mass is 16.5. The molecule has 0 saturated carbocycles. The molecule has 0 saturated heterocycles. The van der Waals surface area contributed by atoms with Gasteiger partial charge in [0, 0.05) is 0 Å². The quantitative estimate of drug-likeness (QED) is 0.722. The maximum atomic E-state index is 11.1. The minimum atomic E-state index is -0.982. The Bertz CT molecular complexity index is 542. The van der Waals surface area contributed by atoms with Crippen molar-refractivity contribution in [2.45, 2.75) is 25.4 Å². The van der Waals surface area contributed by atoms with Crippen LogP contribution in [0, 0.1) is 0 Å². The van der Waals surface area contributed by atoms with Crippen LogP contribution >= 0.6 is 0 Å². The molecule has 0 heterocycles. The maximum Gasteiger partial charge on any atom is 0.151 e. The van der Waals surface area contributed by atoms with E-state index in [1.807, 2.05) is 60.7 Å². The number of carbonyl (C=O) groups is 1. The summed E-state index contributed by atoms with van der Waals surface area (Å²) >= 11 is 0. The Hall–Kier alpha value is -2.01. The van der Waals surface area contributed by atoms with Gasteiger partial charge in [-0.05, 0) is 11.1 Å². The van der Waals surface area contributed by atoms with Crippen LogP contribution in [0.25, 0.3) is 0 Å². The Morgan fingerprint density at radius 2 is 1.45 bits per heavy atom. The van der Waals surface area contributed by atoms with E-state index in [4.69, 9.17) is 9.47 Å². The topological polar surface area (TPSA) is 55.8 Å². The molecule has 1 N–H and O–H groups in total. The summed E-state index contributed by atoms with van der Waals surface area (Å²) in [6.07, 6.45) is -1.26. The molecule has 0 bridgehead atoms. The molecule has 2 aromatic rings. The van der Waals surface area contributed by atoms with Crippen LogP contribution in [0.2, 0.25) is 0 Å². The molecule has 0 radical (unpaired) electrons. The van der Waals surface area contributed by atoms with Crippen molar-refractivity contribution in [3.05, 3.63) is 71.8 Å². The van der Waals surface area contributed by atoms with E-state index in [9.17, 15) is 9.90 Å². The lowest BCUT2D eigenvalue weighted by molar-refractivity contribution is -0.131. The molecule has 0 aromatic heterocycles. The Kier molecular flexibility index (Phi) is 6.77. The predicted molar refractivity (Wildman–Crippen MR) is 83.2 cm³/mol. The standard InChI is InChI=1S/C18H20O4/c19-11-18(22-13-16-9-5-2-6-10-16)17(20)14-21-12-15-7-3-1-4-8-15/h1-11,17-18,20H,12-14H2/t17-,18-/m0/s1. The first kappa shape index (κ1) is 16.4. The van der Waals surface area contributed by atoms with E-state index in [1.54, 1.807) is 0 Å². The van der Waals surface area contributed by atoms with Gasteiger partial charge in [0.2, 0.25) is 0 Å². The van der Waals surface area contributed by atoms with Crippen LogP contribution < -0.4 is 0 Å². The molecule has 116 valence electrons. The van der Waals surface area contributed by atoms with Gasteiger partial charge in [-0.2, -0.15) is 0 Å². The normalized spacial score (nSPS) is 13.5. The molecule has 0 fully saturated rings. The van der Waals surface area contributed by atoms with Crippen molar-refractivity contribution < 1.29 is 19.4 Å². The number of carbonyl (C=O) groups excluding carboxylic acids is 1. The second-order valence-corrected chi connectivity index (χ2v) is 4.97. The van der Waals surface area contributed by atoms with Gasteiger partial charge in [-0.3, -0.25) is 0 Å². The number of aldehydes is 1. The lowest BCUT2D eigenvalue weighted by Crippen LogP contribution is -2.34. The second-order valence-electron chi connectivity index (χ2n) is 4.97. The monoisotopic (exact) mass is 300 g/mol. The number of ether oxygens (including phenoxy) is 2. The maximum absolute atomic E-state index is 11.1. The SMILES string of the molecule is O=C[C@H](OCc1ccccc1)[C@@H](O)COCc1ccccc1. The molecule has 0 aliphatic heterocycles. The van der Waals surface area contributed by atoms with E-state index < -0.39 is 12.2 Å². The molecule has 2 rings (SSSR count). The van der Waals surface area contributed by atoms with Gasteiger partial charge in [0.05, 0.1) is 19.8 Å². The van der Waals surface area contributed by atoms with Gasteiger partial charge in [-0.25, -0.2) is 0 Å². The van der Waals surface area contributed by atoms with Gasteiger partial charge in [0.25, 0.3) is 0 Å². The Morgan fingerprint density at radius 3 is 2.00 bits per heavy atom. The first-order chi connectivity index (χ1) is 10.8. The number of benzene rings is 2. The highest BCUT2D eigenvalue weighted by Crippen LogP contribution is 2.07. The Balaban J connectivity index is 1.74. The van der Waals surface area contributed by atoms with E-state index in [1.165, 1.54) is 0 Å². The zero-order valence-corrected chi connectivity index (χ0v) is 12.3. The zero-order chi connectivity index (χ0) is 15.6. The summed E-state index contributed by atoms with van der Waals surface area (Å²) in [4.78, 5) is 11.1. The van der Waals surface area contributed by atoms with Crippen molar-refractivity contribution in [2.24, 2.45) is 0 Å². The third kappa shape index (κ3) is 5.41. The third-order valence-electron chi connectivity index (χ3n) is 3.20. The highest BCUT2D eigenvalue weighted by molar-refractivity contribution is 5.57. The summed E-state index contributed by atoms with van der Waals surface area (Å²) in [6.45, 7) is 0.718. The molecule has 0 aliphatic carbocycles. The summed E-state index contributed by atoms with van der Waals surface area (Å²) < 4.78 is 10.9. The second kappa shape index (κ2) is 9.10. The molecular formula is C18H20O4. The Morgan fingerprint density at radius 1 is 0.909 bits per heavy atom. The minimum Gasteiger partial charge on any atom is -0.388 e. The fraction of sp³-hybridized carbons (Fsp3) is 0.278. The van der Waals surface area contributed by atoms with Crippen molar-refractivity contribution in [1.29, 1.82) is 0 Å². The molecule has 2 aromatic carbocycles. The van der Waals surface area contributed by atoms with Crippen molar-refractivity contribution in [3.8, 4) is 0 Å². The van der Waals surface area contributed by atoms with Gasteiger partial charge < -0.3 is 19.4 Å².